The number of hydrogen-bond donors (Lipinski definition) is 1. The number of amides is 1. The number of benzene rings is 3. The van der Waals surface area contributed by atoms with E-state index in [1.807, 2.05) is 18.3 Å². The molecule has 1 atom stereocenters. The molecule has 1 aromatic heterocycles. The number of carbonyl (C=O) groups is 1. The smallest absolute Gasteiger partial charge is 0.249 e. The molecule has 0 saturated heterocycles. The summed E-state index contributed by atoms with van der Waals surface area (Å²) in [5.41, 5.74) is 8.68. The molecule has 3 aromatic carbocycles. The standard InChI is InChI=1S/C29H29N3O2/c1-21(33)31-34-28-14-8-13-25-17-22(15-16-27(25)28)19-32-20-26(18-30-32)29(23-9-4-2-5-10-23)24-11-6-3-7-12-24/h2-14,18,20,22,29H,15-17,19H2,1H3,(H,31,33). The Balaban J connectivity index is 1.33. The van der Waals surface area contributed by atoms with Crippen LogP contribution in [0.1, 0.15) is 47.1 Å². The van der Waals surface area contributed by atoms with Gasteiger partial charge in [-0.3, -0.25) is 9.48 Å². The first-order valence-corrected chi connectivity index (χ1v) is 11.8. The molecule has 0 spiro atoms. The molecule has 1 aliphatic carbocycles. The number of aromatic nitrogens is 2. The fourth-order valence-electron chi connectivity index (χ4n) is 4.99. The van der Waals surface area contributed by atoms with Crippen LogP contribution in [0.15, 0.2) is 91.3 Å². The molecule has 5 nitrogen and oxygen atoms in total. The van der Waals surface area contributed by atoms with E-state index in [2.05, 4.69) is 83.1 Å². The summed E-state index contributed by atoms with van der Waals surface area (Å²) < 4.78 is 2.10. The Bertz CT molecular complexity index is 1210. The summed E-state index contributed by atoms with van der Waals surface area (Å²) in [6, 6.07) is 27.3. The molecule has 172 valence electrons. The number of hydrogen-bond acceptors (Lipinski definition) is 3. The fraction of sp³-hybridized carbons (Fsp3) is 0.241. The summed E-state index contributed by atoms with van der Waals surface area (Å²) in [7, 11) is 0. The maximum atomic E-state index is 11.2. The van der Waals surface area contributed by atoms with Crippen molar-refractivity contribution in [1.82, 2.24) is 15.3 Å². The van der Waals surface area contributed by atoms with Crippen molar-refractivity contribution in [3.63, 3.8) is 0 Å². The molecule has 1 heterocycles. The molecular weight excluding hydrogens is 422 g/mol. The van der Waals surface area contributed by atoms with E-state index in [1.165, 1.54) is 34.7 Å². The van der Waals surface area contributed by atoms with Gasteiger partial charge in [-0.05, 0) is 47.9 Å². The monoisotopic (exact) mass is 451 g/mol. The van der Waals surface area contributed by atoms with Crippen molar-refractivity contribution in [2.24, 2.45) is 5.92 Å². The second kappa shape index (κ2) is 9.96. The van der Waals surface area contributed by atoms with Crippen LogP contribution in [-0.4, -0.2) is 15.7 Å². The Morgan fingerprint density at radius 2 is 1.71 bits per heavy atom. The fourth-order valence-corrected chi connectivity index (χ4v) is 4.99. The van der Waals surface area contributed by atoms with Gasteiger partial charge in [0.2, 0.25) is 5.91 Å². The summed E-state index contributed by atoms with van der Waals surface area (Å²) in [4.78, 5) is 16.7. The highest BCUT2D eigenvalue weighted by Crippen LogP contribution is 2.34. The molecule has 5 rings (SSSR count). The Kier molecular flexibility index (Phi) is 6.43. The Labute approximate surface area is 200 Å². The lowest BCUT2D eigenvalue weighted by Gasteiger charge is -2.26. The highest BCUT2D eigenvalue weighted by molar-refractivity contribution is 5.71. The van der Waals surface area contributed by atoms with Crippen LogP contribution in [0.3, 0.4) is 0 Å². The molecule has 1 unspecified atom stereocenters. The predicted octanol–water partition coefficient (Wildman–Crippen LogP) is 5.30. The maximum Gasteiger partial charge on any atom is 0.249 e. The third kappa shape index (κ3) is 4.88. The summed E-state index contributed by atoms with van der Waals surface area (Å²) in [5, 5.41) is 4.75. The highest BCUT2D eigenvalue weighted by atomic mass is 16.7. The number of rotatable bonds is 7. The Morgan fingerprint density at radius 1 is 1.00 bits per heavy atom. The van der Waals surface area contributed by atoms with Gasteiger partial charge in [0, 0.05) is 36.7 Å². The van der Waals surface area contributed by atoms with Crippen molar-refractivity contribution < 1.29 is 9.63 Å². The van der Waals surface area contributed by atoms with Gasteiger partial charge in [-0.1, -0.05) is 72.8 Å². The van der Waals surface area contributed by atoms with E-state index in [9.17, 15) is 4.79 Å². The van der Waals surface area contributed by atoms with Crippen molar-refractivity contribution in [2.75, 3.05) is 0 Å². The van der Waals surface area contributed by atoms with Crippen molar-refractivity contribution in [2.45, 2.75) is 38.6 Å². The van der Waals surface area contributed by atoms with E-state index in [0.29, 0.717) is 5.92 Å². The van der Waals surface area contributed by atoms with Gasteiger partial charge in [0.1, 0.15) is 0 Å². The first kappa shape index (κ1) is 22.0. The Hall–Kier alpha value is -3.86. The molecule has 1 aliphatic rings. The number of nitrogens with zero attached hydrogens (tertiary/aromatic N) is 2. The molecule has 34 heavy (non-hydrogen) atoms. The van der Waals surface area contributed by atoms with E-state index in [0.717, 1.165) is 31.6 Å². The van der Waals surface area contributed by atoms with E-state index >= 15 is 0 Å². The average molecular weight is 452 g/mol. The summed E-state index contributed by atoms with van der Waals surface area (Å²) in [5.74, 6) is 1.21. The molecule has 0 saturated carbocycles. The maximum absolute atomic E-state index is 11.2. The van der Waals surface area contributed by atoms with Crippen molar-refractivity contribution in [1.29, 1.82) is 0 Å². The molecule has 1 amide bonds. The Morgan fingerprint density at radius 3 is 2.38 bits per heavy atom. The molecule has 0 fully saturated rings. The van der Waals surface area contributed by atoms with Crippen molar-refractivity contribution >= 4 is 5.91 Å². The molecule has 5 heteroatoms. The van der Waals surface area contributed by atoms with Crippen LogP contribution in [-0.2, 0) is 24.2 Å². The van der Waals surface area contributed by atoms with Gasteiger partial charge in [-0.2, -0.15) is 10.6 Å². The normalized spacial score (nSPS) is 15.1. The minimum absolute atomic E-state index is 0.164. The zero-order valence-corrected chi connectivity index (χ0v) is 19.4. The molecule has 1 N–H and O–H groups in total. The van der Waals surface area contributed by atoms with Crippen LogP contribution in [0.4, 0.5) is 0 Å². The first-order chi connectivity index (χ1) is 16.7. The van der Waals surface area contributed by atoms with Gasteiger partial charge in [-0.25, -0.2) is 0 Å². The van der Waals surface area contributed by atoms with Gasteiger partial charge < -0.3 is 4.84 Å². The van der Waals surface area contributed by atoms with Crippen LogP contribution in [0.2, 0.25) is 0 Å². The van der Waals surface area contributed by atoms with Crippen LogP contribution >= 0.6 is 0 Å². The summed E-state index contributed by atoms with van der Waals surface area (Å²) in [6.45, 7) is 2.33. The summed E-state index contributed by atoms with van der Waals surface area (Å²) >= 11 is 0. The molecule has 4 aromatic rings. The minimum Gasteiger partial charge on any atom is -0.379 e. The number of hydroxylamine groups is 1. The third-order valence-corrected chi connectivity index (χ3v) is 6.54. The second-order valence-electron chi connectivity index (χ2n) is 9.01. The number of fused-ring (bicyclic) bond motifs is 1. The van der Waals surface area contributed by atoms with E-state index in [4.69, 9.17) is 9.94 Å². The van der Waals surface area contributed by atoms with Gasteiger partial charge >= 0.3 is 0 Å². The number of nitrogens with one attached hydrogen (secondary N) is 1. The lowest BCUT2D eigenvalue weighted by molar-refractivity contribution is -0.125. The first-order valence-electron chi connectivity index (χ1n) is 11.8. The molecule has 0 aliphatic heterocycles. The van der Waals surface area contributed by atoms with E-state index < -0.39 is 0 Å². The van der Waals surface area contributed by atoms with Crippen LogP contribution in [0.5, 0.6) is 5.75 Å². The summed E-state index contributed by atoms with van der Waals surface area (Å²) in [6.07, 6.45) is 7.18. The van der Waals surface area contributed by atoms with Gasteiger partial charge in [-0.15, -0.1) is 0 Å². The van der Waals surface area contributed by atoms with Gasteiger partial charge in [0.05, 0.1) is 6.20 Å². The highest BCUT2D eigenvalue weighted by Gasteiger charge is 2.23. The predicted molar refractivity (Wildman–Crippen MR) is 132 cm³/mol. The zero-order valence-electron chi connectivity index (χ0n) is 19.4. The second-order valence-corrected chi connectivity index (χ2v) is 9.01. The minimum atomic E-state index is -0.204. The molecular formula is C29H29N3O2. The lowest BCUT2D eigenvalue weighted by atomic mass is 9.83. The largest absolute Gasteiger partial charge is 0.379 e. The topological polar surface area (TPSA) is 56.1 Å². The molecule has 0 bridgehead atoms. The van der Waals surface area contributed by atoms with E-state index in [1.54, 1.807) is 0 Å². The average Bonchev–Trinajstić information content (AvgIpc) is 3.31. The van der Waals surface area contributed by atoms with Crippen molar-refractivity contribution in [3.8, 4) is 5.75 Å². The number of carbonyl (C=O) groups excluding carboxylic acids is 1. The molecule has 0 radical (unpaired) electrons. The van der Waals surface area contributed by atoms with Gasteiger partial charge in [0.15, 0.2) is 5.75 Å². The lowest BCUT2D eigenvalue weighted by Crippen LogP contribution is -2.26. The van der Waals surface area contributed by atoms with Crippen molar-refractivity contribution in [3.05, 3.63) is 119 Å². The van der Waals surface area contributed by atoms with Crippen LogP contribution in [0.25, 0.3) is 0 Å². The van der Waals surface area contributed by atoms with E-state index in [-0.39, 0.29) is 11.8 Å². The zero-order chi connectivity index (χ0) is 23.3. The van der Waals surface area contributed by atoms with Crippen LogP contribution < -0.4 is 10.3 Å². The van der Waals surface area contributed by atoms with Gasteiger partial charge in [0.25, 0.3) is 0 Å². The van der Waals surface area contributed by atoms with Crippen LogP contribution in [0, 0.1) is 5.92 Å². The SMILES string of the molecule is CC(=O)NOc1cccc2c1CCC(Cn1cc(C(c3ccccc3)c3ccccc3)cn1)C2. The third-order valence-electron chi connectivity index (χ3n) is 6.54. The quantitative estimate of drug-likeness (QED) is 0.388.